The van der Waals surface area contributed by atoms with E-state index in [1.54, 1.807) is 18.2 Å². The van der Waals surface area contributed by atoms with Gasteiger partial charge < -0.3 is 14.8 Å². The largest absolute Gasteiger partial charge is 0.434 e. The van der Waals surface area contributed by atoms with Crippen molar-refractivity contribution in [1.82, 2.24) is 5.32 Å². The SMILES string of the molecule is CC1CNCC(c2ccccc2OC(F)F)O1. The molecular formula is C12H15F2NO2. The summed E-state index contributed by atoms with van der Waals surface area (Å²) in [7, 11) is 0. The van der Waals surface area contributed by atoms with Crippen LogP contribution >= 0.6 is 0 Å². The molecule has 17 heavy (non-hydrogen) atoms. The minimum Gasteiger partial charge on any atom is -0.434 e. The fraction of sp³-hybridized carbons (Fsp3) is 0.500. The van der Waals surface area contributed by atoms with Gasteiger partial charge in [0.1, 0.15) is 5.75 Å². The number of morpholine rings is 1. The number of ether oxygens (including phenoxy) is 2. The first-order chi connectivity index (χ1) is 8.16. The van der Waals surface area contributed by atoms with Crippen LogP contribution < -0.4 is 10.1 Å². The number of alkyl halides is 2. The van der Waals surface area contributed by atoms with Gasteiger partial charge in [0.05, 0.1) is 12.2 Å². The fourth-order valence-electron chi connectivity index (χ4n) is 1.93. The van der Waals surface area contributed by atoms with Gasteiger partial charge in [-0.25, -0.2) is 0 Å². The van der Waals surface area contributed by atoms with E-state index in [1.807, 2.05) is 6.92 Å². The summed E-state index contributed by atoms with van der Waals surface area (Å²) < 4.78 is 34.7. The maximum absolute atomic E-state index is 12.3. The Morgan fingerprint density at radius 1 is 1.35 bits per heavy atom. The van der Waals surface area contributed by atoms with Crippen LogP contribution in [0.3, 0.4) is 0 Å². The lowest BCUT2D eigenvalue weighted by atomic mass is 10.1. The first kappa shape index (κ1) is 12.3. The highest BCUT2D eigenvalue weighted by atomic mass is 19.3. The van der Waals surface area contributed by atoms with Crippen molar-refractivity contribution in [2.24, 2.45) is 0 Å². The standard InChI is InChI=1S/C12H15F2NO2/c1-8-6-15-7-11(16-8)9-4-2-3-5-10(9)17-12(13)14/h2-5,8,11-12,15H,6-7H2,1H3. The minimum absolute atomic E-state index is 0.0633. The highest BCUT2D eigenvalue weighted by Crippen LogP contribution is 2.30. The normalized spacial score (nSPS) is 24.9. The van der Waals surface area contributed by atoms with Crippen LogP contribution in [0.5, 0.6) is 5.75 Å². The molecule has 0 aliphatic carbocycles. The van der Waals surface area contributed by atoms with Gasteiger partial charge in [-0.2, -0.15) is 8.78 Å². The Hall–Kier alpha value is -1.20. The number of hydrogen-bond donors (Lipinski definition) is 1. The smallest absolute Gasteiger partial charge is 0.387 e. The fourth-order valence-corrected chi connectivity index (χ4v) is 1.93. The third-order valence-corrected chi connectivity index (χ3v) is 2.64. The quantitative estimate of drug-likeness (QED) is 0.883. The molecule has 0 bridgehead atoms. The maximum Gasteiger partial charge on any atom is 0.387 e. The highest BCUT2D eigenvalue weighted by molar-refractivity contribution is 5.35. The Balaban J connectivity index is 2.18. The summed E-state index contributed by atoms with van der Waals surface area (Å²) in [6.45, 7) is 0.503. The van der Waals surface area contributed by atoms with Gasteiger partial charge in [-0.1, -0.05) is 18.2 Å². The van der Waals surface area contributed by atoms with Crippen molar-refractivity contribution in [1.29, 1.82) is 0 Å². The van der Waals surface area contributed by atoms with E-state index in [2.05, 4.69) is 10.1 Å². The molecule has 1 aromatic rings. The van der Waals surface area contributed by atoms with E-state index < -0.39 is 6.61 Å². The van der Waals surface area contributed by atoms with Gasteiger partial charge in [0.2, 0.25) is 0 Å². The summed E-state index contributed by atoms with van der Waals surface area (Å²) >= 11 is 0. The average Bonchev–Trinajstić information content (AvgIpc) is 2.29. The molecule has 0 radical (unpaired) electrons. The van der Waals surface area contributed by atoms with Gasteiger partial charge in [-0.3, -0.25) is 0 Å². The Morgan fingerprint density at radius 2 is 2.12 bits per heavy atom. The third-order valence-electron chi connectivity index (χ3n) is 2.64. The van der Waals surface area contributed by atoms with Crippen LogP contribution in [0.4, 0.5) is 8.78 Å². The van der Waals surface area contributed by atoms with Crippen molar-refractivity contribution in [3.05, 3.63) is 29.8 Å². The molecule has 0 aromatic heterocycles. The van der Waals surface area contributed by atoms with E-state index in [-0.39, 0.29) is 18.0 Å². The Labute approximate surface area is 98.7 Å². The number of para-hydroxylation sites is 1. The topological polar surface area (TPSA) is 30.5 Å². The molecule has 1 heterocycles. The molecule has 94 valence electrons. The summed E-state index contributed by atoms with van der Waals surface area (Å²) in [4.78, 5) is 0. The molecule has 1 aromatic carbocycles. The lowest BCUT2D eigenvalue weighted by Crippen LogP contribution is -2.39. The average molecular weight is 243 g/mol. The van der Waals surface area contributed by atoms with Gasteiger partial charge in [0.25, 0.3) is 0 Å². The molecule has 1 aliphatic rings. The lowest BCUT2D eigenvalue weighted by Gasteiger charge is -2.29. The van der Waals surface area contributed by atoms with Crippen molar-refractivity contribution in [3.63, 3.8) is 0 Å². The molecule has 2 rings (SSSR count). The molecule has 3 nitrogen and oxygen atoms in total. The molecule has 1 fully saturated rings. The van der Waals surface area contributed by atoms with Crippen molar-refractivity contribution < 1.29 is 18.3 Å². The first-order valence-electron chi connectivity index (χ1n) is 5.56. The number of benzene rings is 1. The van der Waals surface area contributed by atoms with E-state index in [1.165, 1.54) is 6.07 Å². The molecule has 0 amide bonds. The van der Waals surface area contributed by atoms with Crippen molar-refractivity contribution in [3.8, 4) is 5.75 Å². The molecule has 2 unspecified atom stereocenters. The Morgan fingerprint density at radius 3 is 2.82 bits per heavy atom. The Kier molecular flexibility index (Phi) is 3.91. The van der Waals surface area contributed by atoms with E-state index in [9.17, 15) is 8.78 Å². The zero-order valence-corrected chi connectivity index (χ0v) is 9.53. The Bertz CT molecular complexity index is 373. The van der Waals surface area contributed by atoms with Crippen LogP contribution in [-0.4, -0.2) is 25.8 Å². The van der Waals surface area contributed by atoms with E-state index in [0.29, 0.717) is 12.1 Å². The van der Waals surface area contributed by atoms with Gasteiger partial charge in [0.15, 0.2) is 0 Å². The molecule has 0 spiro atoms. The molecule has 1 aliphatic heterocycles. The monoisotopic (exact) mass is 243 g/mol. The molecular weight excluding hydrogens is 228 g/mol. The summed E-state index contributed by atoms with van der Waals surface area (Å²) in [5, 5.41) is 3.20. The van der Waals surface area contributed by atoms with Gasteiger partial charge in [-0.05, 0) is 13.0 Å². The summed E-state index contributed by atoms with van der Waals surface area (Å²) in [5.41, 5.74) is 0.659. The third kappa shape index (κ3) is 3.14. The summed E-state index contributed by atoms with van der Waals surface area (Å²) in [5.74, 6) is 0.184. The van der Waals surface area contributed by atoms with E-state index in [0.717, 1.165) is 6.54 Å². The highest BCUT2D eigenvalue weighted by Gasteiger charge is 2.23. The molecule has 0 saturated carbocycles. The van der Waals surface area contributed by atoms with Crippen LogP contribution in [0.25, 0.3) is 0 Å². The number of nitrogens with one attached hydrogen (secondary N) is 1. The van der Waals surface area contributed by atoms with Crippen LogP contribution in [0.15, 0.2) is 24.3 Å². The summed E-state index contributed by atoms with van der Waals surface area (Å²) in [6.07, 6.45) is -0.179. The second-order valence-electron chi connectivity index (χ2n) is 4.01. The zero-order valence-electron chi connectivity index (χ0n) is 9.53. The first-order valence-corrected chi connectivity index (χ1v) is 5.56. The van der Waals surface area contributed by atoms with E-state index in [4.69, 9.17) is 4.74 Å². The minimum atomic E-state index is -2.81. The zero-order chi connectivity index (χ0) is 12.3. The second-order valence-corrected chi connectivity index (χ2v) is 4.01. The van der Waals surface area contributed by atoms with Crippen molar-refractivity contribution in [2.75, 3.05) is 13.1 Å². The van der Waals surface area contributed by atoms with Gasteiger partial charge in [0, 0.05) is 18.7 Å². The van der Waals surface area contributed by atoms with Crippen LogP contribution in [0.2, 0.25) is 0 Å². The van der Waals surface area contributed by atoms with Crippen LogP contribution in [0.1, 0.15) is 18.6 Å². The molecule has 1 N–H and O–H groups in total. The second kappa shape index (κ2) is 5.42. The molecule has 1 saturated heterocycles. The van der Waals surface area contributed by atoms with Gasteiger partial charge >= 0.3 is 6.61 Å². The molecule has 2 atom stereocenters. The summed E-state index contributed by atoms with van der Waals surface area (Å²) in [6, 6.07) is 6.74. The van der Waals surface area contributed by atoms with Crippen LogP contribution in [-0.2, 0) is 4.74 Å². The predicted octanol–water partition coefficient (Wildman–Crippen LogP) is 2.34. The van der Waals surface area contributed by atoms with Crippen LogP contribution in [0, 0.1) is 0 Å². The van der Waals surface area contributed by atoms with Crippen molar-refractivity contribution in [2.45, 2.75) is 25.7 Å². The lowest BCUT2D eigenvalue weighted by molar-refractivity contribution is -0.0579. The van der Waals surface area contributed by atoms with Crippen molar-refractivity contribution >= 4 is 0 Å². The molecule has 5 heteroatoms. The maximum atomic E-state index is 12.3. The number of halogens is 2. The number of hydrogen-bond acceptors (Lipinski definition) is 3. The number of rotatable bonds is 3. The predicted molar refractivity (Wildman–Crippen MR) is 59.2 cm³/mol. The van der Waals surface area contributed by atoms with E-state index >= 15 is 0 Å². The van der Waals surface area contributed by atoms with Gasteiger partial charge in [-0.15, -0.1) is 0 Å².